The highest BCUT2D eigenvalue weighted by molar-refractivity contribution is 9.08. The summed E-state index contributed by atoms with van der Waals surface area (Å²) >= 11 is 5.35. The number of fused-ring (bicyclic) bond motifs is 1. The lowest BCUT2D eigenvalue weighted by Gasteiger charge is -2.07. The first-order valence-electron chi connectivity index (χ1n) is 4.26. The lowest BCUT2D eigenvalue weighted by molar-refractivity contribution is 1.29. The van der Waals surface area contributed by atoms with Crippen molar-refractivity contribution in [2.24, 2.45) is 0 Å². The molecule has 2 rings (SSSR count). The van der Waals surface area contributed by atoms with Crippen molar-refractivity contribution >= 4 is 37.4 Å². The highest BCUT2D eigenvalue weighted by Gasteiger charge is 2.06. The van der Waals surface area contributed by atoms with Gasteiger partial charge in [0.25, 0.3) is 0 Å². The molecule has 0 radical (unpaired) electrons. The quantitative estimate of drug-likeness (QED) is 0.662. The summed E-state index contributed by atoms with van der Waals surface area (Å²) in [4.78, 5) is 0. The van der Waals surface area contributed by atoms with E-state index in [2.05, 4.69) is 47.3 Å². The Morgan fingerprint density at radius 3 is 2.77 bits per heavy atom. The van der Waals surface area contributed by atoms with Crippen molar-refractivity contribution in [3.05, 3.63) is 34.2 Å². The van der Waals surface area contributed by atoms with Gasteiger partial charge < -0.3 is 0 Å². The van der Waals surface area contributed by atoms with Crippen molar-refractivity contribution in [3.8, 4) is 0 Å². The molecule has 0 fully saturated rings. The summed E-state index contributed by atoms with van der Waals surface area (Å²) in [6, 6.07) is 4.47. The molecule has 0 aliphatic rings. The second-order valence-electron chi connectivity index (χ2n) is 3.26. The average Bonchev–Trinajstić information content (AvgIpc) is 2.59. The maximum Gasteiger partial charge on any atom is 0.0374 e. The van der Waals surface area contributed by atoms with Crippen molar-refractivity contribution in [3.63, 3.8) is 0 Å². The molecule has 0 bridgehead atoms. The Balaban J connectivity index is 2.83. The summed E-state index contributed by atoms with van der Waals surface area (Å²) in [7, 11) is 0. The van der Waals surface area contributed by atoms with Crippen LogP contribution in [0, 0.1) is 13.8 Å². The summed E-state index contributed by atoms with van der Waals surface area (Å²) in [5.41, 5.74) is 4.26. The Kier molecular flexibility index (Phi) is 2.43. The lowest BCUT2D eigenvalue weighted by atomic mass is 10.0. The third-order valence-corrected chi connectivity index (χ3v) is 4.21. The van der Waals surface area contributed by atoms with E-state index in [4.69, 9.17) is 0 Å². The molecule has 0 saturated heterocycles. The first-order chi connectivity index (χ1) is 6.24. The molecule has 0 spiro atoms. The van der Waals surface area contributed by atoms with Crippen LogP contribution in [0.15, 0.2) is 17.5 Å². The predicted octanol–water partition coefficient (Wildman–Crippen LogP) is 4.41. The van der Waals surface area contributed by atoms with Crippen LogP contribution in [0.1, 0.15) is 16.7 Å². The molecule has 0 amide bonds. The first-order valence-corrected chi connectivity index (χ1v) is 6.26. The van der Waals surface area contributed by atoms with Gasteiger partial charge in [-0.3, -0.25) is 0 Å². The fourth-order valence-electron chi connectivity index (χ4n) is 1.58. The number of hydrogen-bond donors (Lipinski definition) is 0. The van der Waals surface area contributed by atoms with Gasteiger partial charge in [0.1, 0.15) is 0 Å². The monoisotopic (exact) mass is 254 g/mol. The molecule has 2 heteroatoms. The van der Waals surface area contributed by atoms with Crippen LogP contribution in [0.4, 0.5) is 0 Å². The summed E-state index contributed by atoms with van der Waals surface area (Å²) in [5, 5.41) is 4.49. The van der Waals surface area contributed by atoms with Gasteiger partial charge in [-0.25, -0.2) is 0 Å². The van der Waals surface area contributed by atoms with E-state index in [1.54, 1.807) is 0 Å². The molecule has 0 saturated carbocycles. The fourth-order valence-corrected chi connectivity index (χ4v) is 3.11. The second-order valence-corrected chi connectivity index (χ2v) is 4.74. The Hall–Kier alpha value is -0.340. The fraction of sp³-hybridized carbons (Fsp3) is 0.273. The number of thiophene rings is 1. The molecule has 2 aromatic rings. The van der Waals surface area contributed by atoms with E-state index in [1.807, 2.05) is 11.3 Å². The van der Waals surface area contributed by atoms with Crippen molar-refractivity contribution < 1.29 is 0 Å². The average molecular weight is 255 g/mol. The third kappa shape index (κ3) is 1.42. The van der Waals surface area contributed by atoms with Gasteiger partial charge in [0.15, 0.2) is 0 Å². The molecular formula is C11H11BrS. The van der Waals surface area contributed by atoms with Gasteiger partial charge in [0.2, 0.25) is 0 Å². The van der Waals surface area contributed by atoms with Crippen LogP contribution < -0.4 is 0 Å². The van der Waals surface area contributed by atoms with Gasteiger partial charge in [-0.15, -0.1) is 11.3 Å². The molecule has 0 unspecified atom stereocenters. The molecule has 0 atom stereocenters. The van der Waals surface area contributed by atoms with Gasteiger partial charge in [-0.2, -0.15) is 0 Å². The van der Waals surface area contributed by atoms with Crippen molar-refractivity contribution in [1.82, 2.24) is 0 Å². The zero-order valence-electron chi connectivity index (χ0n) is 7.73. The molecule has 0 aliphatic carbocycles. The molecule has 0 nitrogen and oxygen atoms in total. The number of rotatable bonds is 1. The van der Waals surface area contributed by atoms with E-state index >= 15 is 0 Å². The van der Waals surface area contributed by atoms with E-state index in [0.717, 1.165) is 5.33 Å². The highest BCUT2D eigenvalue weighted by atomic mass is 79.9. The molecule has 13 heavy (non-hydrogen) atoms. The smallest absolute Gasteiger partial charge is 0.0374 e. The second kappa shape index (κ2) is 3.43. The number of benzene rings is 1. The van der Waals surface area contributed by atoms with E-state index in [0.29, 0.717) is 0 Å². The van der Waals surface area contributed by atoms with Gasteiger partial charge >= 0.3 is 0 Å². The Labute approximate surface area is 90.7 Å². The van der Waals surface area contributed by atoms with Crippen LogP contribution >= 0.6 is 27.3 Å². The molecule has 1 aromatic heterocycles. The van der Waals surface area contributed by atoms with Crippen molar-refractivity contribution in [1.29, 1.82) is 0 Å². The van der Waals surface area contributed by atoms with Gasteiger partial charge in [0, 0.05) is 10.0 Å². The molecule has 68 valence electrons. The van der Waals surface area contributed by atoms with E-state index < -0.39 is 0 Å². The molecular weight excluding hydrogens is 244 g/mol. The van der Waals surface area contributed by atoms with Crippen LogP contribution in [-0.2, 0) is 5.33 Å². The summed E-state index contributed by atoms with van der Waals surface area (Å²) in [6.45, 7) is 4.41. The summed E-state index contributed by atoms with van der Waals surface area (Å²) in [6.07, 6.45) is 0. The summed E-state index contributed by atoms with van der Waals surface area (Å²) in [5.74, 6) is 0. The van der Waals surface area contributed by atoms with E-state index in [1.165, 1.54) is 26.8 Å². The van der Waals surface area contributed by atoms with Crippen molar-refractivity contribution in [2.75, 3.05) is 0 Å². The minimum Gasteiger partial charge on any atom is -0.144 e. The lowest BCUT2D eigenvalue weighted by Crippen LogP contribution is -1.88. The largest absolute Gasteiger partial charge is 0.144 e. The normalized spacial score (nSPS) is 11.0. The zero-order valence-corrected chi connectivity index (χ0v) is 10.1. The summed E-state index contributed by atoms with van der Waals surface area (Å²) < 4.78 is 1.43. The molecule has 1 heterocycles. The number of hydrogen-bond acceptors (Lipinski definition) is 1. The maximum atomic E-state index is 3.52. The predicted molar refractivity (Wildman–Crippen MR) is 63.9 cm³/mol. The van der Waals surface area contributed by atoms with E-state index in [-0.39, 0.29) is 0 Å². The van der Waals surface area contributed by atoms with Crippen LogP contribution in [-0.4, -0.2) is 0 Å². The van der Waals surface area contributed by atoms with Crippen LogP contribution in [0.3, 0.4) is 0 Å². The van der Waals surface area contributed by atoms with Gasteiger partial charge in [-0.05, 0) is 53.4 Å². The van der Waals surface area contributed by atoms with Crippen LogP contribution in [0.25, 0.3) is 10.1 Å². The van der Waals surface area contributed by atoms with Gasteiger partial charge in [-0.1, -0.05) is 15.9 Å². The highest BCUT2D eigenvalue weighted by Crippen LogP contribution is 2.30. The molecule has 0 N–H and O–H groups in total. The topological polar surface area (TPSA) is 0 Å². The van der Waals surface area contributed by atoms with Crippen LogP contribution in [0.5, 0.6) is 0 Å². The minimum atomic E-state index is 0.950. The van der Waals surface area contributed by atoms with Crippen molar-refractivity contribution in [2.45, 2.75) is 19.2 Å². The van der Waals surface area contributed by atoms with Crippen LogP contribution in [0.2, 0.25) is 0 Å². The number of halogens is 1. The Morgan fingerprint density at radius 1 is 1.31 bits per heavy atom. The van der Waals surface area contributed by atoms with E-state index in [9.17, 15) is 0 Å². The Morgan fingerprint density at radius 2 is 2.08 bits per heavy atom. The Bertz CT molecular complexity index is 443. The SMILES string of the molecule is Cc1c(CBr)cc2ccsc2c1C. The maximum absolute atomic E-state index is 3.52. The molecule has 1 aromatic carbocycles. The third-order valence-electron chi connectivity index (χ3n) is 2.55. The number of aryl methyl sites for hydroxylation is 1. The van der Waals surface area contributed by atoms with Gasteiger partial charge in [0.05, 0.1) is 0 Å². The first kappa shape index (κ1) is 9.22. The standard InChI is InChI=1S/C11H11BrS/c1-7-8(2)11-9(3-4-13-11)5-10(7)6-12/h3-5H,6H2,1-2H3. The minimum absolute atomic E-state index is 0.950. The molecule has 0 aliphatic heterocycles. The zero-order chi connectivity index (χ0) is 9.42. The number of alkyl halides is 1.